The Kier molecular flexibility index (Phi) is 4.70. The van der Waals surface area contributed by atoms with Crippen LogP contribution in [0, 0.1) is 19.8 Å². The van der Waals surface area contributed by atoms with E-state index in [2.05, 4.69) is 20.1 Å². The van der Waals surface area contributed by atoms with Crippen molar-refractivity contribution in [3.63, 3.8) is 0 Å². The number of carbonyl (C=O) groups excluding carboxylic acids is 1. The summed E-state index contributed by atoms with van der Waals surface area (Å²) in [6.07, 6.45) is 10.6. The molecular weight excluding hydrogens is 344 g/mol. The summed E-state index contributed by atoms with van der Waals surface area (Å²) in [6.45, 7) is 5.68. The van der Waals surface area contributed by atoms with Crippen molar-refractivity contribution in [3.05, 3.63) is 48.3 Å². The topological polar surface area (TPSA) is 89.9 Å². The summed E-state index contributed by atoms with van der Waals surface area (Å²) in [5, 5.41) is 3.96. The summed E-state index contributed by atoms with van der Waals surface area (Å²) in [7, 11) is 0. The molecule has 8 heteroatoms. The number of nitrogens with zero attached hydrogens (tertiary/aromatic N) is 6. The molecule has 1 atom stereocenters. The number of rotatable bonds is 5. The molecule has 0 N–H and O–H groups in total. The lowest BCUT2D eigenvalue weighted by atomic mass is 10.0. The molecular formula is C19H22N6O2. The first kappa shape index (κ1) is 17.4. The molecule has 0 aromatic carbocycles. The van der Waals surface area contributed by atoms with Gasteiger partial charge in [-0.2, -0.15) is 0 Å². The van der Waals surface area contributed by atoms with E-state index >= 15 is 0 Å². The van der Waals surface area contributed by atoms with Gasteiger partial charge in [-0.1, -0.05) is 5.16 Å². The van der Waals surface area contributed by atoms with Crippen LogP contribution < -0.4 is 0 Å². The van der Waals surface area contributed by atoms with Gasteiger partial charge in [0.25, 0.3) is 0 Å². The molecule has 0 radical (unpaired) electrons. The second kappa shape index (κ2) is 7.30. The van der Waals surface area contributed by atoms with Gasteiger partial charge in [0.15, 0.2) is 0 Å². The van der Waals surface area contributed by atoms with Crippen LogP contribution in [0.4, 0.5) is 0 Å². The Morgan fingerprint density at radius 2 is 2.19 bits per heavy atom. The predicted octanol–water partition coefficient (Wildman–Crippen LogP) is 2.04. The third-order valence-electron chi connectivity index (χ3n) is 5.01. The Labute approximate surface area is 157 Å². The Bertz CT molecular complexity index is 897. The molecule has 1 unspecified atom stereocenters. The van der Waals surface area contributed by atoms with E-state index in [1.54, 1.807) is 23.3 Å². The maximum Gasteiger partial charge on any atom is 0.242 e. The van der Waals surface area contributed by atoms with Crippen LogP contribution in [0.3, 0.4) is 0 Å². The number of hydrogen-bond acceptors (Lipinski definition) is 6. The molecule has 1 saturated heterocycles. The van der Waals surface area contributed by atoms with Crippen molar-refractivity contribution in [1.29, 1.82) is 0 Å². The van der Waals surface area contributed by atoms with E-state index in [4.69, 9.17) is 4.52 Å². The van der Waals surface area contributed by atoms with Gasteiger partial charge >= 0.3 is 0 Å². The van der Waals surface area contributed by atoms with Crippen molar-refractivity contribution < 1.29 is 9.32 Å². The van der Waals surface area contributed by atoms with Crippen molar-refractivity contribution in [2.45, 2.75) is 33.2 Å². The number of aryl methyl sites for hydroxylation is 2. The van der Waals surface area contributed by atoms with Gasteiger partial charge in [0.2, 0.25) is 5.91 Å². The monoisotopic (exact) mass is 366 g/mol. The van der Waals surface area contributed by atoms with E-state index < -0.39 is 0 Å². The van der Waals surface area contributed by atoms with Gasteiger partial charge in [0, 0.05) is 31.7 Å². The summed E-state index contributed by atoms with van der Waals surface area (Å²) < 4.78 is 7.00. The lowest BCUT2D eigenvalue weighted by molar-refractivity contribution is -0.130. The number of likely N-dealkylation sites (tertiary alicyclic amines) is 1. The highest BCUT2D eigenvalue weighted by Crippen LogP contribution is 2.25. The highest BCUT2D eigenvalue weighted by Gasteiger charge is 2.26. The van der Waals surface area contributed by atoms with Crippen molar-refractivity contribution in [3.8, 4) is 11.3 Å². The molecule has 0 aliphatic carbocycles. The van der Waals surface area contributed by atoms with Gasteiger partial charge in [0.05, 0.1) is 35.2 Å². The zero-order valence-electron chi connectivity index (χ0n) is 15.5. The second-order valence-corrected chi connectivity index (χ2v) is 7.03. The van der Waals surface area contributed by atoms with E-state index in [0.717, 1.165) is 54.3 Å². The average Bonchev–Trinajstić information content (AvgIpc) is 3.39. The predicted molar refractivity (Wildman–Crippen MR) is 97.6 cm³/mol. The quantitative estimate of drug-likeness (QED) is 0.686. The lowest BCUT2D eigenvalue weighted by Crippen LogP contribution is -2.31. The molecule has 1 aliphatic heterocycles. The summed E-state index contributed by atoms with van der Waals surface area (Å²) in [5.41, 5.74) is 3.45. The molecule has 3 aromatic heterocycles. The zero-order chi connectivity index (χ0) is 18.8. The largest absolute Gasteiger partial charge is 0.361 e. The number of amides is 1. The van der Waals surface area contributed by atoms with Crippen molar-refractivity contribution in [1.82, 2.24) is 29.6 Å². The number of carbonyl (C=O) groups is 1. The van der Waals surface area contributed by atoms with Crippen LogP contribution in [0.25, 0.3) is 11.3 Å². The number of hydrogen-bond donors (Lipinski definition) is 0. The first-order valence-corrected chi connectivity index (χ1v) is 9.08. The van der Waals surface area contributed by atoms with E-state index in [-0.39, 0.29) is 5.91 Å². The standard InChI is InChI=1S/C19H22N6O2/c1-13-19(14(2)27-23-13)17-9-21-16(8-22-17)7-15-3-5-25(10-15)18(26)11-24-6-4-20-12-24/h4,6,8-9,12,15H,3,5,7,10-11H2,1-2H3. The maximum atomic E-state index is 12.4. The molecule has 140 valence electrons. The van der Waals surface area contributed by atoms with Crippen molar-refractivity contribution in [2.24, 2.45) is 5.92 Å². The molecule has 0 saturated carbocycles. The average molecular weight is 366 g/mol. The molecule has 4 heterocycles. The summed E-state index contributed by atoms with van der Waals surface area (Å²) >= 11 is 0. The van der Waals surface area contributed by atoms with E-state index in [0.29, 0.717) is 12.5 Å². The molecule has 8 nitrogen and oxygen atoms in total. The normalized spacial score (nSPS) is 16.8. The van der Waals surface area contributed by atoms with E-state index in [9.17, 15) is 4.79 Å². The van der Waals surface area contributed by atoms with Crippen LogP contribution in [0.2, 0.25) is 0 Å². The fraction of sp³-hybridized carbons (Fsp3) is 0.421. The highest BCUT2D eigenvalue weighted by atomic mass is 16.5. The molecule has 27 heavy (non-hydrogen) atoms. The zero-order valence-corrected chi connectivity index (χ0v) is 15.5. The Balaban J connectivity index is 1.35. The molecule has 1 amide bonds. The summed E-state index contributed by atoms with van der Waals surface area (Å²) in [6, 6.07) is 0. The van der Waals surface area contributed by atoms with Gasteiger partial charge in [-0.3, -0.25) is 14.8 Å². The third kappa shape index (κ3) is 3.74. The Morgan fingerprint density at radius 1 is 1.30 bits per heavy atom. The first-order valence-electron chi connectivity index (χ1n) is 9.08. The fourth-order valence-electron chi connectivity index (χ4n) is 3.60. The maximum absolute atomic E-state index is 12.4. The molecule has 1 aliphatic rings. The minimum absolute atomic E-state index is 0.135. The summed E-state index contributed by atoms with van der Waals surface area (Å²) in [4.78, 5) is 27.4. The lowest BCUT2D eigenvalue weighted by Gasteiger charge is -2.16. The minimum Gasteiger partial charge on any atom is -0.361 e. The molecule has 3 aromatic rings. The Morgan fingerprint density at radius 3 is 2.85 bits per heavy atom. The number of aromatic nitrogens is 5. The van der Waals surface area contributed by atoms with Gasteiger partial charge in [0.1, 0.15) is 12.3 Å². The Hall–Kier alpha value is -3.03. The van der Waals surface area contributed by atoms with Crippen LogP contribution in [0.1, 0.15) is 23.6 Å². The van der Waals surface area contributed by atoms with Crippen LogP contribution >= 0.6 is 0 Å². The van der Waals surface area contributed by atoms with Crippen LogP contribution in [-0.2, 0) is 17.8 Å². The van der Waals surface area contributed by atoms with Crippen LogP contribution in [0.15, 0.2) is 35.6 Å². The molecule has 0 spiro atoms. The third-order valence-corrected chi connectivity index (χ3v) is 5.01. The highest BCUT2D eigenvalue weighted by molar-refractivity contribution is 5.76. The van der Waals surface area contributed by atoms with Crippen LogP contribution in [-0.4, -0.2) is 48.6 Å². The SMILES string of the molecule is Cc1noc(C)c1-c1cnc(CC2CCN(C(=O)Cn3ccnc3)C2)cn1. The number of imidazole rings is 1. The van der Waals surface area contributed by atoms with Gasteiger partial charge < -0.3 is 14.0 Å². The first-order chi connectivity index (χ1) is 13.1. The molecule has 1 fully saturated rings. The second-order valence-electron chi connectivity index (χ2n) is 7.03. The van der Waals surface area contributed by atoms with E-state index in [1.807, 2.05) is 31.1 Å². The molecule has 0 bridgehead atoms. The fourth-order valence-corrected chi connectivity index (χ4v) is 3.60. The van der Waals surface area contributed by atoms with E-state index in [1.165, 1.54) is 0 Å². The van der Waals surface area contributed by atoms with Crippen molar-refractivity contribution >= 4 is 5.91 Å². The smallest absolute Gasteiger partial charge is 0.242 e. The van der Waals surface area contributed by atoms with Crippen LogP contribution in [0.5, 0.6) is 0 Å². The van der Waals surface area contributed by atoms with Gasteiger partial charge in [-0.25, -0.2) is 4.98 Å². The van der Waals surface area contributed by atoms with Gasteiger partial charge in [-0.05, 0) is 32.6 Å². The van der Waals surface area contributed by atoms with Crippen molar-refractivity contribution in [2.75, 3.05) is 13.1 Å². The minimum atomic E-state index is 0.135. The summed E-state index contributed by atoms with van der Waals surface area (Å²) in [5.74, 6) is 1.30. The van der Waals surface area contributed by atoms with Gasteiger partial charge in [-0.15, -0.1) is 0 Å². The molecule has 4 rings (SSSR count).